The predicted octanol–water partition coefficient (Wildman–Crippen LogP) is 1.99. The molecule has 0 fully saturated rings. The molecule has 2 N–H and O–H groups in total. The van der Waals surface area contributed by atoms with Crippen LogP contribution in [0, 0.1) is 0 Å². The van der Waals surface area contributed by atoms with Crippen LogP contribution >= 0.6 is 0 Å². The number of nitrogens with zero attached hydrogens (tertiary/aromatic N) is 4. The number of urea groups is 1. The predicted molar refractivity (Wildman–Crippen MR) is 95.3 cm³/mol. The molecule has 0 aliphatic rings. The molecule has 0 aliphatic heterocycles. The molecule has 0 radical (unpaired) electrons. The summed E-state index contributed by atoms with van der Waals surface area (Å²) in [5.74, 6) is 0.594. The molecule has 1 aromatic carbocycles. The van der Waals surface area contributed by atoms with Gasteiger partial charge in [-0.1, -0.05) is 30.3 Å². The number of benzene rings is 1. The van der Waals surface area contributed by atoms with Gasteiger partial charge in [0.05, 0.1) is 0 Å². The molecular formula is C18H22N6O. The van der Waals surface area contributed by atoms with Gasteiger partial charge >= 0.3 is 6.03 Å². The molecule has 2 heterocycles. The SMILES string of the molecule is O=C(NCCCc1ccccc1)NCCCc1cnc2ncnn2c1. The van der Waals surface area contributed by atoms with Gasteiger partial charge in [0.2, 0.25) is 0 Å². The van der Waals surface area contributed by atoms with Crippen LogP contribution in [-0.4, -0.2) is 38.7 Å². The highest BCUT2D eigenvalue weighted by molar-refractivity contribution is 5.73. The average Bonchev–Trinajstić information content (AvgIpc) is 3.11. The average molecular weight is 338 g/mol. The first kappa shape index (κ1) is 16.9. The van der Waals surface area contributed by atoms with E-state index >= 15 is 0 Å². The van der Waals surface area contributed by atoms with Crippen molar-refractivity contribution in [2.24, 2.45) is 0 Å². The van der Waals surface area contributed by atoms with Gasteiger partial charge in [-0.15, -0.1) is 0 Å². The summed E-state index contributed by atoms with van der Waals surface area (Å²) in [6.07, 6.45) is 8.78. The Labute approximate surface area is 146 Å². The Balaban J connectivity index is 1.27. The molecule has 7 heteroatoms. The van der Waals surface area contributed by atoms with Crippen LogP contribution in [0.2, 0.25) is 0 Å². The number of rotatable bonds is 8. The van der Waals surface area contributed by atoms with Gasteiger partial charge in [-0.3, -0.25) is 0 Å². The van der Waals surface area contributed by atoms with E-state index in [2.05, 4.69) is 37.8 Å². The van der Waals surface area contributed by atoms with Crippen LogP contribution in [0.25, 0.3) is 5.78 Å². The third kappa shape index (κ3) is 5.27. The van der Waals surface area contributed by atoms with Gasteiger partial charge in [-0.25, -0.2) is 14.3 Å². The lowest BCUT2D eigenvalue weighted by molar-refractivity contribution is 0.240. The molecule has 0 saturated carbocycles. The summed E-state index contributed by atoms with van der Waals surface area (Å²) in [5.41, 5.74) is 2.37. The lowest BCUT2D eigenvalue weighted by atomic mass is 10.1. The Hall–Kier alpha value is -2.96. The van der Waals surface area contributed by atoms with Gasteiger partial charge in [-0.2, -0.15) is 10.1 Å². The topological polar surface area (TPSA) is 84.2 Å². The van der Waals surface area contributed by atoms with E-state index < -0.39 is 0 Å². The molecule has 130 valence electrons. The minimum atomic E-state index is -0.113. The maximum absolute atomic E-state index is 11.7. The summed E-state index contributed by atoms with van der Waals surface area (Å²) in [5, 5.41) is 9.83. The number of fused-ring (bicyclic) bond motifs is 1. The third-order valence-corrected chi connectivity index (χ3v) is 3.89. The minimum absolute atomic E-state index is 0.113. The largest absolute Gasteiger partial charge is 0.338 e. The number of aromatic nitrogens is 4. The van der Waals surface area contributed by atoms with Crippen molar-refractivity contribution in [2.45, 2.75) is 25.7 Å². The lowest BCUT2D eigenvalue weighted by Gasteiger charge is -2.08. The Morgan fingerprint density at radius 1 is 0.960 bits per heavy atom. The molecule has 7 nitrogen and oxygen atoms in total. The molecule has 2 aromatic heterocycles. The number of aryl methyl sites for hydroxylation is 2. The molecular weight excluding hydrogens is 316 g/mol. The van der Waals surface area contributed by atoms with Gasteiger partial charge in [0.25, 0.3) is 5.78 Å². The van der Waals surface area contributed by atoms with Crippen LogP contribution in [0.1, 0.15) is 24.0 Å². The highest BCUT2D eigenvalue weighted by Gasteiger charge is 2.02. The molecule has 3 rings (SSSR count). The summed E-state index contributed by atoms with van der Waals surface area (Å²) in [4.78, 5) is 20.0. The summed E-state index contributed by atoms with van der Waals surface area (Å²) in [7, 11) is 0. The van der Waals surface area contributed by atoms with Crippen LogP contribution in [0.3, 0.4) is 0 Å². The maximum atomic E-state index is 11.7. The van der Waals surface area contributed by atoms with E-state index in [4.69, 9.17) is 0 Å². The fraction of sp³-hybridized carbons (Fsp3) is 0.333. The van der Waals surface area contributed by atoms with Gasteiger partial charge in [-0.05, 0) is 36.8 Å². The molecule has 0 saturated heterocycles. The zero-order valence-corrected chi connectivity index (χ0v) is 14.1. The van der Waals surface area contributed by atoms with Crippen molar-refractivity contribution in [3.63, 3.8) is 0 Å². The summed E-state index contributed by atoms with van der Waals surface area (Å²) >= 11 is 0. The van der Waals surface area contributed by atoms with Crippen LogP contribution in [0.5, 0.6) is 0 Å². The molecule has 0 aliphatic carbocycles. The molecule has 0 spiro atoms. The number of amides is 2. The second-order valence-electron chi connectivity index (χ2n) is 5.84. The van der Waals surface area contributed by atoms with E-state index in [9.17, 15) is 4.79 Å². The van der Waals surface area contributed by atoms with Crippen molar-refractivity contribution in [3.8, 4) is 0 Å². The highest BCUT2D eigenvalue weighted by Crippen LogP contribution is 2.02. The molecule has 25 heavy (non-hydrogen) atoms. The number of hydrogen-bond acceptors (Lipinski definition) is 4. The fourth-order valence-corrected chi connectivity index (χ4v) is 2.58. The van der Waals surface area contributed by atoms with Crippen molar-refractivity contribution in [2.75, 3.05) is 13.1 Å². The van der Waals surface area contributed by atoms with Gasteiger partial charge in [0, 0.05) is 25.5 Å². The molecule has 0 bridgehead atoms. The number of carbonyl (C=O) groups is 1. The summed E-state index contributed by atoms with van der Waals surface area (Å²) in [6.45, 7) is 1.30. The van der Waals surface area contributed by atoms with Crippen LogP contribution < -0.4 is 10.6 Å². The quantitative estimate of drug-likeness (QED) is 0.615. The van der Waals surface area contributed by atoms with E-state index in [1.165, 1.54) is 11.9 Å². The lowest BCUT2D eigenvalue weighted by Crippen LogP contribution is -2.36. The van der Waals surface area contributed by atoms with Gasteiger partial charge < -0.3 is 10.6 Å². The highest BCUT2D eigenvalue weighted by atomic mass is 16.2. The maximum Gasteiger partial charge on any atom is 0.314 e. The second-order valence-corrected chi connectivity index (χ2v) is 5.84. The smallest absolute Gasteiger partial charge is 0.314 e. The molecule has 0 unspecified atom stereocenters. The first-order valence-electron chi connectivity index (χ1n) is 8.51. The van der Waals surface area contributed by atoms with E-state index in [0.717, 1.165) is 31.2 Å². The minimum Gasteiger partial charge on any atom is -0.338 e. The summed E-state index contributed by atoms with van der Waals surface area (Å²) in [6, 6.07) is 10.2. The van der Waals surface area contributed by atoms with E-state index in [0.29, 0.717) is 18.9 Å². The van der Waals surface area contributed by atoms with Crippen molar-refractivity contribution < 1.29 is 4.79 Å². The van der Waals surface area contributed by atoms with Crippen molar-refractivity contribution in [1.29, 1.82) is 0 Å². The second kappa shape index (κ2) is 8.77. The van der Waals surface area contributed by atoms with Crippen LogP contribution in [-0.2, 0) is 12.8 Å². The zero-order chi connectivity index (χ0) is 17.3. The first-order chi connectivity index (χ1) is 12.3. The van der Waals surface area contributed by atoms with Crippen molar-refractivity contribution in [1.82, 2.24) is 30.2 Å². The fourth-order valence-electron chi connectivity index (χ4n) is 2.58. The Bertz CT molecular complexity index is 801. The van der Waals surface area contributed by atoms with Crippen LogP contribution in [0.15, 0.2) is 49.1 Å². The summed E-state index contributed by atoms with van der Waals surface area (Å²) < 4.78 is 1.65. The number of carbonyl (C=O) groups excluding carboxylic acids is 1. The molecule has 2 amide bonds. The van der Waals surface area contributed by atoms with Gasteiger partial charge in [0.15, 0.2) is 0 Å². The monoisotopic (exact) mass is 338 g/mol. The first-order valence-corrected chi connectivity index (χ1v) is 8.51. The number of hydrogen-bond donors (Lipinski definition) is 2. The van der Waals surface area contributed by atoms with Crippen molar-refractivity contribution in [3.05, 3.63) is 60.2 Å². The Kier molecular flexibility index (Phi) is 5.92. The normalized spacial score (nSPS) is 10.7. The van der Waals surface area contributed by atoms with E-state index in [-0.39, 0.29) is 6.03 Å². The van der Waals surface area contributed by atoms with Crippen LogP contribution in [0.4, 0.5) is 4.79 Å². The van der Waals surface area contributed by atoms with Gasteiger partial charge in [0.1, 0.15) is 6.33 Å². The van der Waals surface area contributed by atoms with E-state index in [1.54, 1.807) is 10.7 Å². The number of nitrogens with one attached hydrogen (secondary N) is 2. The molecule has 0 atom stereocenters. The Morgan fingerprint density at radius 2 is 1.68 bits per heavy atom. The molecule has 3 aromatic rings. The van der Waals surface area contributed by atoms with E-state index in [1.807, 2.05) is 24.4 Å². The standard InChI is InChI=1S/C18H22N6O/c25-18(19-10-4-8-15-6-2-1-3-7-15)20-11-5-9-16-12-21-17-22-14-23-24(17)13-16/h1-3,6-7,12-14H,4-5,8-11H2,(H2,19,20,25). The zero-order valence-electron chi connectivity index (χ0n) is 14.1. The van der Waals surface area contributed by atoms with Crippen molar-refractivity contribution >= 4 is 11.8 Å². The Morgan fingerprint density at radius 3 is 2.44 bits per heavy atom. The third-order valence-electron chi connectivity index (χ3n) is 3.89.